The fourth-order valence-electron chi connectivity index (χ4n) is 8.22. The number of rotatable bonds is 12. The lowest BCUT2D eigenvalue weighted by atomic mass is 9.64. The first-order chi connectivity index (χ1) is 17.2. The molecular weight excluding hydrogens is 427 g/mol. The zero-order valence-electron chi connectivity index (χ0n) is 23.0. The molecule has 3 aliphatic carbocycles. The van der Waals surface area contributed by atoms with Crippen LogP contribution in [-0.2, 0) is 12.8 Å². The topological polar surface area (TPSA) is 0 Å². The van der Waals surface area contributed by atoms with Gasteiger partial charge in [-0.2, -0.15) is 0 Å². The molecule has 1 heteroatoms. The third-order valence-electron chi connectivity index (χ3n) is 10.6. The molecule has 0 aliphatic heterocycles. The fourth-order valence-corrected chi connectivity index (χ4v) is 8.22. The quantitative estimate of drug-likeness (QED) is 0.260. The number of hydrogen-bond acceptors (Lipinski definition) is 0. The van der Waals surface area contributed by atoms with Gasteiger partial charge in [0, 0.05) is 0 Å². The van der Waals surface area contributed by atoms with Gasteiger partial charge in [-0.15, -0.1) is 0 Å². The number of alkyl halides is 1. The van der Waals surface area contributed by atoms with E-state index < -0.39 is 0 Å². The van der Waals surface area contributed by atoms with E-state index in [0.29, 0.717) is 0 Å². The highest BCUT2D eigenvalue weighted by molar-refractivity contribution is 5.22. The molecular formula is C34H55F. The summed E-state index contributed by atoms with van der Waals surface area (Å²) in [6, 6.07) is 9.48. The number of halogens is 1. The molecule has 0 bridgehead atoms. The van der Waals surface area contributed by atoms with Crippen molar-refractivity contribution in [2.24, 2.45) is 35.5 Å². The first-order valence-corrected chi connectivity index (χ1v) is 15.9. The molecule has 0 spiro atoms. The molecule has 0 saturated heterocycles. The van der Waals surface area contributed by atoms with Crippen LogP contribution >= 0.6 is 0 Å². The fraction of sp³-hybridized carbons (Fsp3) is 0.824. The van der Waals surface area contributed by atoms with E-state index in [0.717, 1.165) is 48.3 Å². The molecule has 0 atom stereocenters. The lowest BCUT2D eigenvalue weighted by Crippen LogP contribution is -2.29. The van der Waals surface area contributed by atoms with E-state index in [1.807, 2.05) is 0 Å². The maximum Gasteiger partial charge on any atom is 0.0894 e. The Labute approximate surface area is 217 Å². The summed E-state index contributed by atoms with van der Waals surface area (Å²) in [5.74, 6) is 6.09. The largest absolute Gasteiger partial charge is 0.251 e. The van der Waals surface area contributed by atoms with Crippen LogP contribution < -0.4 is 0 Å². The normalized spacial score (nSPS) is 31.9. The van der Waals surface area contributed by atoms with E-state index in [9.17, 15) is 4.39 Å². The average molecular weight is 483 g/mol. The van der Waals surface area contributed by atoms with Gasteiger partial charge < -0.3 is 0 Å². The highest BCUT2D eigenvalue weighted by Gasteiger charge is 2.34. The van der Waals surface area contributed by atoms with Gasteiger partial charge in [-0.1, -0.05) is 82.6 Å². The van der Waals surface area contributed by atoms with Crippen molar-refractivity contribution in [3.05, 3.63) is 35.4 Å². The standard InChI is InChI=1S/C34H55F/c1-2-6-27-8-10-29(11-9-27)12-13-30-16-20-32(21-17-30)34-24-22-33(23-25-34)31-18-14-28(15-19-31)7-4-3-5-26-35/h8-11,28,30-34H,2-7,12-26H2,1H3/t28-,30-,31-,32-,33-,34-. The Bertz CT molecular complexity index is 669. The zero-order valence-corrected chi connectivity index (χ0v) is 23.0. The average Bonchev–Trinajstić information content (AvgIpc) is 2.92. The molecule has 0 amide bonds. The summed E-state index contributed by atoms with van der Waals surface area (Å²) in [7, 11) is 0. The van der Waals surface area contributed by atoms with Crippen LogP contribution in [0.3, 0.4) is 0 Å². The number of hydrogen-bond donors (Lipinski definition) is 0. The molecule has 35 heavy (non-hydrogen) atoms. The minimum Gasteiger partial charge on any atom is -0.251 e. The summed E-state index contributed by atoms with van der Waals surface area (Å²) < 4.78 is 12.3. The van der Waals surface area contributed by atoms with Gasteiger partial charge in [0.15, 0.2) is 0 Å². The summed E-state index contributed by atoms with van der Waals surface area (Å²) in [4.78, 5) is 0. The third kappa shape index (κ3) is 8.60. The molecule has 3 saturated carbocycles. The second-order valence-electron chi connectivity index (χ2n) is 12.9. The molecule has 3 fully saturated rings. The highest BCUT2D eigenvalue weighted by atomic mass is 19.1. The summed E-state index contributed by atoms with van der Waals surface area (Å²) >= 11 is 0. The SMILES string of the molecule is CCCc1ccc(CC[C@H]2CC[C@H]([C@H]3CC[C@H]([C@H]4CC[C@H](CCCCCF)CC4)CC3)CC2)cc1. The van der Waals surface area contributed by atoms with Crippen molar-refractivity contribution in [3.8, 4) is 0 Å². The molecule has 1 aromatic carbocycles. The van der Waals surface area contributed by atoms with Crippen LogP contribution in [-0.4, -0.2) is 6.67 Å². The maximum absolute atomic E-state index is 12.3. The Balaban J connectivity index is 1.08. The Kier molecular flexibility index (Phi) is 11.5. The molecule has 0 heterocycles. The molecule has 4 rings (SSSR count). The van der Waals surface area contributed by atoms with Crippen molar-refractivity contribution < 1.29 is 4.39 Å². The summed E-state index contributed by atoms with van der Waals surface area (Å²) in [6.07, 6.45) is 27.8. The molecule has 0 aromatic heterocycles. The molecule has 0 radical (unpaired) electrons. The summed E-state index contributed by atoms with van der Waals surface area (Å²) in [5, 5.41) is 0. The second-order valence-corrected chi connectivity index (χ2v) is 12.9. The highest BCUT2D eigenvalue weighted by Crippen LogP contribution is 2.46. The minimum atomic E-state index is -0.120. The predicted molar refractivity (Wildman–Crippen MR) is 150 cm³/mol. The van der Waals surface area contributed by atoms with Crippen LogP contribution in [0.1, 0.15) is 134 Å². The molecule has 0 N–H and O–H groups in total. The van der Waals surface area contributed by atoms with E-state index in [-0.39, 0.29) is 6.67 Å². The lowest BCUT2D eigenvalue weighted by molar-refractivity contribution is 0.102. The van der Waals surface area contributed by atoms with Gasteiger partial charge in [-0.3, -0.25) is 4.39 Å². The van der Waals surface area contributed by atoms with Gasteiger partial charge in [0.25, 0.3) is 0 Å². The molecule has 0 nitrogen and oxygen atoms in total. The van der Waals surface area contributed by atoms with Crippen molar-refractivity contribution >= 4 is 0 Å². The zero-order chi connectivity index (χ0) is 24.3. The number of unbranched alkanes of at least 4 members (excludes halogenated alkanes) is 2. The van der Waals surface area contributed by atoms with Crippen molar-refractivity contribution in [1.29, 1.82) is 0 Å². The van der Waals surface area contributed by atoms with Crippen LogP contribution in [0.2, 0.25) is 0 Å². The Hall–Kier alpha value is -0.850. The van der Waals surface area contributed by atoms with Gasteiger partial charge in [-0.25, -0.2) is 0 Å². The van der Waals surface area contributed by atoms with E-state index >= 15 is 0 Å². The Morgan fingerprint density at radius 3 is 1.43 bits per heavy atom. The number of benzene rings is 1. The van der Waals surface area contributed by atoms with Crippen LogP contribution in [0, 0.1) is 35.5 Å². The maximum atomic E-state index is 12.3. The Morgan fingerprint density at radius 1 is 0.543 bits per heavy atom. The van der Waals surface area contributed by atoms with Gasteiger partial charge in [-0.05, 0) is 124 Å². The third-order valence-corrected chi connectivity index (χ3v) is 10.6. The van der Waals surface area contributed by atoms with Crippen LogP contribution in [0.15, 0.2) is 24.3 Å². The van der Waals surface area contributed by atoms with E-state index in [1.54, 1.807) is 5.56 Å². The Morgan fingerprint density at radius 2 is 0.971 bits per heavy atom. The van der Waals surface area contributed by atoms with E-state index in [2.05, 4.69) is 31.2 Å². The van der Waals surface area contributed by atoms with Crippen LogP contribution in [0.4, 0.5) is 4.39 Å². The van der Waals surface area contributed by atoms with E-state index in [1.165, 1.54) is 121 Å². The summed E-state index contributed by atoms with van der Waals surface area (Å²) in [6.45, 7) is 2.15. The van der Waals surface area contributed by atoms with Gasteiger partial charge in [0.05, 0.1) is 6.67 Å². The van der Waals surface area contributed by atoms with Crippen LogP contribution in [0.25, 0.3) is 0 Å². The monoisotopic (exact) mass is 482 g/mol. The smallest absolute Gasteiger partial charge is 0.0894 e. The van der Waals surface area contributed by atoms with Gasteiger partial charge in [0.2, 0.25) is 0 Å². The minimum absolute atomic E-state index is 0.120. The lowest BCUT2D eigenvalue weighted by Gasteiger charge is -2.41. The van der Waals surface area contributed by atoms with Gasteiger partial charge in [0.1, 0.15) is 0 Å². The predicted octanol–water partition coefficient (Wildman–Crippen LogP) is 10.5. The molecule has 1 aromatic rings. The second kappa shape index (κ2) is 14.8. The van der Waals surface area contributed by atoms with Crippen molar-refractivity contribution in [2.45, 2.75) is 135 Å². The van der Waals surface area contributed by atoms with E-state index in [4.69, 9.17) is 0 Å². The van der Waals surface area contributed by atoms with Crippen molar-refractivity contribution in [3.63, 3.8) is 0 Å². The van der Waals surface area contributed by atoms with Crippen molar-refractivity contribution in [1.82, 2.24) is 0 Å². The van der Waals surface area contributed by atoms with Gasteiger partial charge >= 0.3 is 0 Å². The molecule has 0 unspecified atom stereocenters. The van der Waals surface area contributed by atoms with Crippen molar-refractivity contribution in [2.75, 3.05) is 6.67 Å². The number of aryl methyl sites for hydroxylation is 2. The molecule has 3 aliphatic rings. The summed E-state index contributed by atoms with van der Waals surface area (Å²) in [5.41, 5.74) is 3.05. The van der Waals surface area contributed by atoms with Crippen LogP contribution in [0.5, 0.6) is 0 Å². The molecule has 198 valence electrons. The first kappa shape index (κ1) is 27.2. The first-order valence-electron chi connectivity index (χ1n) is 15.9.